The Labute approximate surface area is 122 Å². The second-order valence-corrected chi connectivity index (χ2v) is 6.98. The monoisotopic (exact) mass is 304 g/mol. The summed E-state index contributed by atoms with van der Waals surface area (Å²) in [4.78, 5) is 23.3. The molecule has 1 atom stereocenters. The molecule has 0 spiro atoms. The van der Waals surface area contributed by atoms with Gasteiger partial charge in [-0.2, -0.15) is 0 Å². The number of hydrogen-bond donors (Lipinski definition) is 3. The highest BCUT2D eigenvalue weighted by molar-refractivity contribution is 7.84. The zero-order valence-electron chi connectivity index (χ0n) is 11.9. The molecule has 7 heteroatoms. The standard InChI is InChI=1S/C13H24N2O4S/c1-2-20(19)10-9-14-12(18)15-13(11(16)17)7-5-3-4-6-8-13/h2-10H2,1H3,(H,16,17)(H2,14,15,18). The fraction of sp³-hybridized carbons (Fsp3) is 0.846. The first-order valence-corrected chi connectivity index (χ1v) is 8.63. The summed E-state index contributed by atoms with van der Waals surface area (Å²) in [7, 11) is -0.931. The molecule has 0 bridgehead atoms. The van der Waals surface area contributed by atoms with Crippen LogP contribution in [0.15, 0.2) is 0 Å². The second-order valence-electron chi connectivity index (χ2n) is 5.11. The SMILES string of the molecule is CCS(=O)CCNC(=O)NC1(C(=O)O)CCCCCC1. The van der Waals surface area contributed by atoms with Gasteiger partial charge in [0, 0.05) is 28.9 Å². The van der Waals surface area contributed by atoms with Gasteiger partial charge < -0.3 is 15.7 Å². The van der Waals surface area contributed by atoms with E-state index in [1.54, 1.807) is 0 Å². The first kappa shape index (κ1) is 16.9. The van der Waals surface area contributed by atoms with E-state index in [1.807, 2.05) is 6.92 Å². The van der Waals surface area contributed by atoms with Crippen molar-refractivity contribution in [2.75, 3.05) is 18.1 Å². The molecule has 1 rings (SSSR count). The molecule has 0 aromatic carbocycles. The number of carboxylic acids is 1. The van der Waals surface area contributed by atoms with Crippen LogP contribution in [0.2, 0.25) is 0 Å². The molecule has 0 heterocycles. The lowest BCUT2D eigenvalue weighted by Crippen LogP contribution is -2.57. The molecule has 116 valence electrons. The summed E-state index contributed by atoms with van der Waals surface area (Å²) in [6.07, 6.45) is 4.58. The van der Waals surface area contributed by atoms with Crippen molar-refractivity contribution >= 4 is 22.8 Å². The van der Waals surface area contributed by atoms with Crippen LogP contribution in [0, 0.1) is 0 Å². The van der Waals surface area contributed by atoms with E-state index in [9.17, 15) is 18.9 Å². The van der Waals surface area contributed by atoms with Crippen molar-refractivity contribution < 1.29 is 18.9 Å². The summed E-state index contributed by atoms with van der Waals surface area (Å²) in [5, 5.41) is 14.6. The van der Waals surface area contributed by atoms with Crippen LogP contribution in [-0.4, -0.2) is 44.9 Å². The Balaban J connectivity index is 2.50. The van der Waals surface area contributed by atoms with Crippen LogP contribution < -0.4 is 10.6 Å². The molecule has 0 aromatic rings. The molecule has 0 saturated heterocycles. The number of hydrogen-bond acceptors (Lipinski definition) is 3. The third kappa shape index (κ3) is 5.11. The van der Waals surface area contributed by atoms with Crippen LogP contribution in [0.1, 0.15) is 45.4 Å². The van der Waals surface area contributed by atoms with Crippen LogP contribution in [0.4, 0.5) is 4.79 Å². The van der Waals surface area contributed by atoms with Crippen molar-refractivity contribution in [2.24, 2.45) is 0 Å². The van der Waals surface area contributed by atoms with Crippen molar-refractivity contribution in [1.82, 2.24) is 10.6 Å². The molecule has 1 saturated carbocycles. The van der Waals surface area contributed by atoms with Gasteiger partial charge in [0.05, 0.1) is 0 Å². The smallest absolute Gasteiger partial charge is 0.329 e. The molecule has 1 unspecified atom stereocenters. The van der Waals surface area contributed by atoms with Crippen molar-refractivity contribution in [2.45, 2.75) is 51.0 Å². The highest BCUT2D eigenvalue weighted by Gasteiger charge is 2.39. The Morgan fingerprint density at radius 2 is 1.80 bits per heavy atom. The number of carbonyl (C=O) groups excluding carboxylic acids is 1. The molecule has 0 aliphatic heterocycles. The summed E-state index contributed by atoms with van der Waals surface area (Å²) in [5.41, 5.74) is -1.15. The molecule has 6 nitrogen and oxygen atoms in total. The minimum absolute atomic E-state index is 0.294. The zero-order chi connectivity index (χ0) is 15.0. The van der Waals surface area contributed by atoms with E-state index in [-0.39, 0.29) is 0 Å². The zero-order valence-corrected chi connectivity index (χ0v) is 12.8. The van der Waals surface area contributed by atoms with Crippen molar-refractivity contribution in [1.29, 1.82) is 0 Å². The van der Waals surface area contributed by atoms with E-state index in [1.165, 1.54) is 0 Å². The maximum Gasteiger partial charge on any atom is 0.329 e. The third-order valence-electron chi connectivity index (χ3n) is 3.66. The Bertz CT molecular complexity index is 365. The minimum atomic E-state index is -1.15. The van der Waals surface area contributed by atoms with Gasteiger partial charge in [0.15, 0.2) is 0 Å². The molecule has 2 amide bonds. The quantitative estimate of drug-likeness (QED) is 0.643. The van der Waals surface area contributed by atoms with Gasteiger partial charge in [-0.05, 0) is 12.8 Å². The van der Waals surface area contributed by atoms with E-state index < -0.39 is 28.3 Å². The van der Waals surface area contributed by atoms with Gasteiger partial charge in [0.25, 0.3) is 0 Å². The van der Waals surface area contributed by atoms with Crippen LogP contribution in [-0.2, 0) is 15.6 Å². The maximum absolute atomic E-state index is 11.8. The lowest BCUT2D eigenvalue weighted by Gasteiger charge is -2.29. The number of nitrogens with one attached hydrogen (secondary N) is 2. The molecule has 20 heavy (non-hydrogen) atoms. The first-order chi connectivity index (χ1) is 9.50. The van der Waals surface area contributed by atoms with Gasteiger partial charge >= 0.3 is 12.0 Å². The summed E-state index contributed by atoms with van der Waals surface area (Å²) < 4.78 is 11.2. The highest BCUT2D eigenvalue weighted by atomic mass is 32.2. The minimum Gasteiger partial charge on any atom is -0.480 e. The van der Waals surface area contributed by atoms with Crippen LogP contribution in [0.5, 0.6) is 0 Å². The van der Waals surface area contributed by atoms with E-state index in [2.05, 4.69) is 10.6 Å². The Kier molecular flexibility index (Phi) is 6.98. The maximum atomic E-state index is 11.8. The van der Waals surface area contributed by atoms with Crippen LogP contribution in [0.25, 0.3) is 0 Å². The number of amides is 2. The van der Waals surface area contributed by atoms with Gasteiger partial charge in [-0.15, -0.1) is 0 Å². The number of urea groups is 1. The second kappa shape index (κ2) is 8.24. The molecule has 1 aliphatic rings. The molecular formula is C13H24N2O4S. The summed E-state index contributed by atoms with van der Waals surface area (Å²) >= 11 is 0. The molecule has 0 aromatic heterocycles. The van der Waals surface area contributed by atoms with E-state index in [0.717, 1.165) is 25.7 Å². The molecule has 1 fully saturated rings. The molecular weight excluding hydrogens is 280 g/mol. The van der Waals surface area contributed by atoms with E-state index in [0.29, 0.717) is 30.9 Å². The van der Waals surface area contributed by atoms with Crippen molar-refractivity contribution in [3.05, 3.63) is 0 Å². The fourth-order valence-corrected chi connectivity index (χ4v) is 3.03. The number of carbonyl (C=O) groups is 2. The van der Waals surface area contributed by atoms with Gasteiger partial charge in [-0.1, -0.05) is 32.6 Å². The molecule has 0 radical (unpaired) electrons. The predicted molar refractivity (Wildman–Crippen MR) is 78.2 cm³/mol. The highest BCUT2D eigenvalue weighted by Crippen LogP contribution is 2.27. The average Bonchev–Trinajstić information content (AvgIpc) is 2.65. The third-order valence-corrected chi connectivity index (χ3v) is 4.96. The van der Waals surface area contributed by atoms with Crippen LogP contribution >= 0.6 is 0 Å². The van der Waals surface area contributed by atoms with Crippen molar-refractivity contribution in [3.63, 3.8) is 0 Å². The lowest BCUT2D eigenvalue weighted by molar-refractivity contribution is -0.145. The van der Waals surface area contributed by atoms with E-state index >= 15 is 0 Å². The largest absolute Gasteiger partial charge is 0.480 e. The number of aliphatic carboxylic acids is 1. The summed E-state index contributed by atoms with van der Waals surface area (Å²) in [5.74, 6) is -0.0153. The molecule has 3 N–H and O–H groups in total. The van der Waals surface area contributed by atoms with Crippen LogP contribution in [0.3, 0.4) is 0 Å². The first-order valence-electron chi connectivity index (χ1n) is 7.14. The van der Waals surface area contributed by atoms with Gasteiger partial charge in [-0.25, -0.2) is 9.59 Å². The topological polar surface area (TPSA) is 95.5 Å². The van der Waals surface area contributed by atoms with Crippen molar-refractivity contribution in [3.8, 4) is 0 Å². The van der Waals surface area contributed by atoms with Gasteiger partial charge in [-0.3, -0.25) is 4.21 Å². The van der Waals surface area contributed by atoms with E-state index in [4.69, 9.17) is 0 Å². The Hall–Kier alpha value is -1.11. The fourth-order valence-electron chi connectivity index (χ4n) is 2.41. The summed E-state index contributed by atoms with van der Waals surface area (Å²) in [6, 6.07) is -0.484. The lowest BCUT2D eigenvalue weighted by atomic mass is 9.90. The predicted octanol–water partition coefficient (Wildman–Crippen LogP) is 1.23. The summed E-state index contributed by atoms with van der Waals surface area (Å²) in [6.45, 7) is 2.11. The number of carboxylic acid groups (broad SMARTS) is 1. The Morgan fingerprint density at radius 1 is 1.20 bits per heavy atom. The Morgan fingerprint density at radius 3 is 2.30 bits per heavy atom. The van der Waals surface area contributed by atoms with Gasteiger partial charge in [0.1, 0.15) is 5.54 Å². The normalized spacial score (nSPS) is 19.6. The number of rotatable bonds is 6. The average molecular weight is 304 g/mol. The molecule has 1 aliphatic carbocycles. The van der Waals surface area contributed by atoms with Gasteiger partial charge in [0.2, 0.25) is 0 Å².